The molecule has 0 unspecified atom stereocenters. The van der Waals surface area contributed by atoms with Crippen molar-refractivity contribution in [2.75, 3.05) is 13.2 Å². The molecule has 0 saturated heterocycles. The summed E-state index contributed by atoms with van der Waals surface area (Å²) in [4.78, 5) is 21.9. The number of carbonyl (C=O) groups is 2. The molecule has 0 bridgehead atoms. The molecule has 0 aromatic carbocycles. The molecule has 0 aliphatic rings. The van der Waals surface area contributed by atoms with E-state index in [4.69, 9.17) is 9.53 Å². The maximum atomic E-state index is 11.5. The Morgan fingerprint density at radius 2 is 1.75 bits per heavy atom. The Morgan fingerprint density at radius 1 is 1.10 bits per heavy atom. The van der Waals surface area contributed by atoms with Crippen molar-refractivity contribution in [1.82, 2.24) is 5.32 Å². The SMILES string of the molecule is CCO[Si](C)(C)CCCNC(=O)CCCCCC(=O)O. The van der Waals surface area contributed by atoms with Crippen molar-refractivity contribution in [2.24, 2.45) is 0 Å². The summed E-state index contributed by atoms with van der Waals surface area (Å²) >= 11 is 0. The summed E-state index contributed by atoms with van der Waals surface area (Å²) in [7, 11) is -1.53. The Balaban J connectivity index is 3.47. The fourth-order valence-corrected chi connectivity index (χ4v) is 3.99. The molecule has 0 atom stereocenters. The molecule has 0 radical (unpaired) electrons. The number of hydrogen-bond acceptors (Lipinski definition) is 3. The van der Waals surface area contributed by atoms with Crippen molar-refractivity contribution in [3.63, 3.8) is 0 Å². The van der Waals surface area contributed by atoms with Crippen molar-refractivity contribution < 1.29 is 19.1 Å². The van der Waals surface area contributed by atoms with E-state index in [1.807, 2.05) is 6.92 Å². The minimum absolute atomic E-state index is 0.0659. The van der Waals surface area contributed by atoms with E-state index in [2.05, 4.69) is 18.4 Å². The zero-order valence-electron chi connectivity index (χ0n) is 13.0. The summed E-state index contributed by atoms with van der Waals surface area (Å²) < 4.78 is 5.73. The minimum Gasteiger partial charge on any atom is -0.481 e. The average Bonchev–Trinajstić information content (AvgIpc) is 2.34. The van der Waals surface area contributed by atoms with Crippen molar-refractivity contribution >= 4 is 20.2 Å². The maximum Gasteiger partial charge on any atom is 0.303 e. The molecule has 6 heteroatoms. The molecule has 2 N–H and O–H groups in total. The summed E-state index contributed by atoms with van der Waals surface area (Å²) in [5, 5.41) is 11.4. The van der Waals surface area contributed by atoms with Gasteiger partial charge < -0.3 is 14.8 Å². The lowest BCUT2D eigenvalue weighted by molar-refractivity contribution is -0.137. The van der Waals surface area contributed by atoms with Crippen LogP contribution in [-0.4, -0.2) is 38.5 Å². The van der Waals surface area contributed by atoms with E-state index in [0.717, 1.165) is 31.9 Å². The lowest BCUT2D eigenvalue weighted by Crippen LogP contribution is -2.32. The molecule has 0 heterocycles. The van der Waals surface area contributed by atoms with Crippen LogP contribution in [-0.2, 0) is 14.0 Å². The van der Waals surface area contributed by atoms with Crippen LogP contribution < -0.4 is 5.32 Å². The number of rotatable bonds is 12. The van der Waals surface area contributed by atoms with E-state index in [1.165, 1.54) is 0 Å². The molecule has 20 heavy (non-hydrogen) atoms. The smallest absolute Gasteiger partial charge is 0.303 e. The molecule has 0 aromatic rings. The lowest BCUT2D eigenvalue weighted by Gasteiger charge is -2.21. The molecule has 0 aromatic heterocycles. The quantitative estimate of drug-likeness (QED) is 0.429. The molecule has 0 rings (SSSR count). The number of carbonyl (C=O) groups excluding carboxylic acids is 1. The van der Waals surface area contributed by atoms with Crippen LogP contribution in [0.3, 0.4) is 0 Å². The predicted octanol–water partition coefficient (Wildman–Crippen LogP) is 2.77. The number of amides is 1. The topological polar surface area (TPSA) is 75.6 Å². The van der Waals surface area contributed by atoms with E-state index in [9.17, 15) is 9.59 Å². The number of unbranched alkanes of at least 4 members (excludes halogenated alkanes) is 2. The normalized spacial score (nSPS) is 11.3. The Labute approximate surface area is 123 Å². The van der Waals surface area contributed by atoms with Gasteiger partial charge in [-0.25, -0.2) is 0 Å². The van der Waals surface area contributed by atoms with Crippen LogP contribution in [0.5, 0.6) is 0 Å². The molecular formula is C14H29NO4Si. The maximum absolute atomic E-state index is 11.5. The second-order valence-corrected chi connectivity index (χ2v) is 9.91. The zero-order valence-corrected chi connectivity index (χ0v) is 14.0. The van der Waals surface area contributed by atoms with Crippen LogP contribution in [0.15, 0.2) is 0 Å². The number of carboxylic acids is 1. The van der Waals surface area contributed by atoms with Gasteiger partial charge in [0.05, 0.1) is 0 Å². The Bertz CT molecular complexity index is 295. The van der Waals surface area contributed by atoms with E-state index in [0.29, 0.717) is 19.4 Å². The first-order valence-corrected chi connectivity index (χ1v) is 10.6. The lowest BCUT2D eigenvalue weighted by atomic mass is 10.1. The van der Waals surface area contributed by atoms with Crippen LogP contribution >= 0.6 is 0 Å². The first kappa shape index (κ1) is 19.1. The minimum atomic E-state index is -1.53. The third-order valence-corrected chi connectivity index (χ3v) is 5.74. The van der Waals surface area contributed by atoms with Crippen LogP contribution in [0, 0.1) is 0 Å². The third-order valence-electron chi connectivity index (χ3n) is 3.11. The van der Waals surface area contributed by atoms with Crippen LogP contribution in [0.1, 0.15) is 45.4 Å². The molecule has 118 valence electrons. The number of nitrogens with one attached hydrogen (secondary N) is 1. The monoisotopic (exact) mass is 303 g/mol. The molecule has 0 aliphatic carbocycles. The summed E-state index contributed by atoms with van der Waals surface area (Å²) in [5.41, 5.74) is 0. The van der Waals surface area contributed by atoms with Gasteiger partial charge in [-0.1, -0.05) is 6.42 Å². The van der Waals surface area contributed by atoms with Gasteiger partial charge in [-0.05, 0) is 45.3 Å². The molecule has 5 nitrogen and oxygen atoms in total. The first-order chi connectivity index (χ1) is 9.37. The van der Waals surface area contributed by atoms with Gasteiger partial charge in [0.2, 0.25) is 5.91 Å². The van der Waals surface area contributed by atoms with Crippen molar-refractivity contribution in [1.29, 1.82) is 0 Å². The van der Waals surface area contributed by atoms with E-state index in [1.54, 1.807) is 0 Å². The van der Waals surface area contributed by atoms with Gasteiger partial charge in [-0.2, -0.15) is 0 Å². The van der Waals surface area contributed by atoms with Crippen LogP contribution in [0.25, 0.3) is 0 Å². The van der Waals surface area contributed by atoms with Gasteiger partial charge in [0.15, 0.2) is 8.32 Å². The van der Waals surface area contributed by atoms with Crippen LogP contribution in [0.4, 0.5) is 0 Å². The molecular weight excluding hydrogens is 274 g/mol. The van der Waals surface area contributed by atoms with Gasteiger partial charge in [0.1, 0.15) is 0 Å². The Morgan fingerprint density at radius 3 is 2.35 bits per heavy atom. The second kappa shape index (κ2) is 10.9. The number of aliphatic carboxylic acids is 1. The van der Waals surface area contributed by atoms with Gasteiger partial charge in [-0.3, -0.25) is 9.59 Å². The summed E-state index contributed by atoms with van der Waals surface area (Å²) in [6.45, 7) is 7.88. The fourth-order valence-electron chi connectivity index (χ4n) is 2.03. The zero-order chi connectivity index (χ0) is 15.4. The predicted molar refractivity (Wildman–Crippen MR) is 82.3 cm³/mol. The average molecular weight is 303 g/mol. The number of hydrogen-bond donors (Lipinski definition) is 2. The standard InChI is InChI=1S/C14H29NO4Si/c1-4-19-20(2,3)12-8-11-15-13(16)9-6-5-7-10-14(17)18/h4-12H2,1-3H3,(H,15,16)(H,17,18). The highest BCUT2D eigenvalue weighted by atomic mass is 28.4. The van der Waals surface area contributed by atoms with Crippen molar-refractivity contribution in [2.45, 2.75) is 64.6 Å². The highest BCUT2D eigenvalue weighted by Gasteiger charge is 2.20. The second-order valence-electron chi connectivity index (χ2n) is 5.60. The number of carboxylic acid groups (broad SMARTS) is 1. The van der Waals surface area contributed by atoms with Gasteiger partial charge in [0, 0.05) is 26.0 Å². The molecule has 1 amide bonds. The Hall–Kier alpha value is -0.883. The third kappa shape index (κ3) is 12.2. The van der Waals surface area contributed by atoms with Gasteiger partial charge in [-0.15, -0.1) is 0 Å². The highest BCUT2D eigenvalue weighted by molar-refractivity contribution is 6.71. The highest BCUT2D eigenvalue weighted by Crippen LogP contribution is 2.12. The Kier molecular flexibility index (Phi) is 10.4. The van der Waals surface area contributed by atoms with Crippen molar-refractivity contribution in [3.05, 3.63) is 0 Å². The molecule has 0 aliphatic heterocycles. The molecule has 0 saturated carbocycles. The van der Waals surface area contributed by atoms with Crippen LogP contribution in [0.2, 0.25) is 19.1 Å². The summed E-state index contributed by atoms with van der Waals surface area (Å²) in [6.07, 6.45) is 3.85. The van der Waals surface area contributed by atoms with E-state index in [-0.39, 0.29) is 12.3 Å². The molecule has 0 spiro atoms. The van der Waals surface area contributed by atoms with E-state index < -0.39 is 14.3 Å². The summed E-state index contributed by atoms with van der Waals surface area (Å²) in [5.74, 6) is -0.702. The fraction of sp³-hybridized carbons (Fsp3) is 0.857. The largest absolute Gasteiger partial charge is 0.481 e. The van der Waals surface area contributed by atoms with Crippen molar-refractivity contribution in [3.8, 4) is 0 Å². The summed E-state index contributed by atoms with van der Waals surface area (Å²) in [6, 6.07) is 1.06. The van der Waals surface area contributed by atoms with Gasteiger partial charge >= 0.3 is 5.97 Å². The first-order valence-electron chi connectivity index (χ1n) is 7.50. The van der Waals surface area contributed by atoms with E-state index >= 15 is 0 Å². The molecule has 0 fully saturated rings. The van der Waals surface area contributed by atoms with Gasteiger partial charge in [0.25, 0.3) is 0 Å².